The average Bonchev–Trinajstić information content (AvgIpc) is 3.34. The number of ether oxygens (including phenoxy) is 2. The normalized spacial score (nSPS) is 11.6. The molecule has 0 radical (unpaired) electrons. The molecule has 0 fully saturated rings. The first-order valence-electron chi connectivity index (χ1n) is 10.1. The summed E-state index contributed by atoms with van der Waals surface area (Å²) >= 11 is 0. The second-order valence-electron chi connectivity index (χ2n) is 7.35. The Bertz CT molecular complexity index is 1170. The lowest BCUT2D eigenvalue weighted by molar-refractivity contribution is 0.0135. The average molecular weight is 423 g/mol. The van der Waals surface area contributed by atoms with Crippen LogP contribution in [0.1, 0.15) is 31.0 Å². The quantitative estimate of drug-likeness (QED) is 0.404. The Hall–Kier alpha value is -3.37. The van der Waals surface area contributed by atoms with Crippen molar-refractivity contribution in [3.63, 3.8) is 0 Å². The summed E-state index contributed by atoms with van der Waals surface area (Å²) in [6, 6.07) is 9.46. The molecular weight excluding hydrogens is 398 g/mol. The van der Waals surface area contributed by atoms with Crippen molar-refractivity contribution in [1.29, 1.82) is 0 Å². The highest BCUT2D eigenvalue weighted by atomic mass is 16.5. The van der Waals surface area contributed by atoms with Crippen LogP contribution in [0.25, 0.3) is 22.6 Å². The van der Waals surface area contributed by atoms with Crippen molar-refractivity contribution in [3.05, 3.63) is 47.5 Å². The Labute approximate surface area is 179 Å². The third-order valence-corrected chi connectivity index (χ3v) is 4.46. The van der Waals surface area contributed by atoms with Gasteiger partial charge in [-0.2, -0.15) is 4.98 Å². The first-order chi connectivity index (χ1) is 15.0. The zero-order valence-corrected chi connectivity index (χ0v) is 17.8. The van der Waals surface area contributed by atoms with Gasteiger partial charge in [-0.25, -0.2) is 9.67 Å². The second kappa shape index (κ2) is 9.19. The van der Waals surface area contributed by atoms with Crippen molar-refractivity contribution in [1.82, 2.24) is 29.9 Å². The minimum absolute atomic E-state index is 0.124. The highest BCUT2D eigenvalue weighted by Crippen LogP contribution is 2.26. The van der Waals surface area contributed by atoms with E-state index in [1.54, 1.807) is 4.68 Å². The molecule has 2 N–H and O–H groups in total. The minimum atomic E-state index is 0.124. The number of hydrogen-bond donors (Lipinski definition) is 1. The highest BCUT2D eigenvalue weighted by molar-refractivity contribution is 5.86. The maximum Gasteiger partial charge on any atom is 0.222 e. The molecule has 0 bridgehead atoms. The Kier molecular flexibility index (Phi) is 6.19. The predicted molar refractivity (Wildman–Crippen MR) is 114 cm³/mol. The molecule has 0 aliphatic heterocycles. The molecule has 31 heavy (non-hydrogen) atoms. The van der Waals surface area contributed by atoms with Crippen LogP contribution in [0.3, 0.4) is 0 Å². The first kappa shape index (κ1) is 20.9. The maximum atomic E-state index is 5.94. The SMILES string of the molecule is Cc1ccc(-c2nc(N)nc3c2nnn3Cc2cccc(COCCOC(C)C)n2)o1. The van der Waals surface area contributed by atoms with E-state index in [2.05, 4.69) is 25.3 Å². The summed E-state index contributed by atoms with van der Waals surface area (Å²) in [6.45, 7) is 7.72. The van der Waals surface area contributed by atoms with E-state index in [1.165, 1.54) is 0 Å². The van der Waals surface area contributed by atoms with Gasteiger partial charge in [-0.05, 0) is 45.0 Å². The molecule has 0 amide bonds. The van der Waals surface area contributed by atoms with E-state index in [-0.39, 0.29) is 12.1 Å². The van der Waals surface area contributed by atoms with Crippen molar-refractivity contribution in [3.8, 4) is 11.5 Å². The van der Waals surface area contributed by atoms with Gasteiger partial charge >= 0.3 is 0 Å². The predicted octanol–water partition coefficient (Wildman–Crippen LogP) is 2.76. The monoisotopic (exact) mass is 423 g/mol. The van der Waals surface area contributed by atoms with E-state index in [4.69, 9.17) is 19.6 Å². The van der Waals surface area contributed by atoms with Gasteiger partial charge in [0.15, 0.2) is 16.9 Å². The van der Waals surface area contributed by atoms with Gasteiger partial charge in [-0.1, -0.05) is 11.3 Å². The van der Waals surface area contributed by atoms with Crippen molar-refractivity contribution in [2.24, 2.45) is 0 Å². The molecule has 0 saturated heterocycles. The smallest absolute Gasteiger partial charge is 0.222 e. The Balaban J connectivity index is 1.51. The third kappa shape index (κ3) is 5.04. The van der Waals surface area contributed by atoms with Crippen molar-refractivity contribution in [2.45, 2.75) is 40.0 Å². The van der Waals surface area contributed by atoms with Crippen LogP contribution in [0.2, 0.25) is 0 Å². The van der Waals surface area contributed by atoms with Crippen LogP contribution in [0.5, 0.6) is 0 Å². The number of nitrogens with two attached hydrogens (primary N) is 1. The molecular formula is C21H25N7O3. The summed E-state index contributed by atoms with van der Waals surface area (Å²) in [4.78, 5) is 13.3. The summed E-state index contributed by atoms with van der Waals surface area (Å²) in [5.74, 6) is 1.47. The van der Waals surface area contributed by atoms with Crippen LogP contribution in [-0.2, 0) is 22.6 Å². The van der Waals surface area contributed by atoms with E-state index in [0.717, 1.165) is 17.1 Å². The number of furan rings is 1. The number of aromatic nitrogens is 6. The molecule has 0 spiro atoms. The Morgan fingerprint density at radius 3 is 2.68 bits per heavy atom. The zero-order valence-electron chi connectivity index (χ0n) is 17.8. The number of rotatable bonds is 9. The highest BCUT2D eigenvalue weighted by Gasteiger charge is 2.18. The fraction of sp³-hybridized carbons (Fsp3) is 0.381. The Morgan fingerprint density at radius 1 is 1.06 bits per heavy atom. The van der Waals surface area contributed by atoms with E-state index < -0.39 is 0 Å². The van der Waals surface area contributed by atoms with E-state index in [0.29, 0.717) is 49.0 Å². The van der Waals surface area contributed by atoms with Gasteiger partial charge in [0.05, 0.1) is 43.9 Å². The molecule has 4 rings (SSSR count). The summed E-state index contributed by atoms with van der Waals surface area (Å²) < 4.78 is 18.5. The lowest BCUT2D eigenvalue weighted by Crippen LogP contribution is -2.10. The number of hydrogen-bond acceptors (Lipinski definition) is 9. The van der Waals surface area contributed by atoms with Crippen molar-refractivity contribution >= 4 is 17.1 Å². The number of nitrogens with zero attached hydrogens (tertiary/aromatic N) is 6. The molecule has 0 aromatic carbocycles. The number of nitrogen functional groups attached to an aromatic ring is 1. The molecule has 0 aliphatic rings. The molecule has 4 aromatic heterocycles. The number of anilines is 1. The number of fused-ring (bicyclic) bond motifs is 1. The van der Waals surface area contributed by atoms with Crippen LogP contribution < -0.4 is 5.73 Å². The molecule has 162 valence electrons. The zero-order chi connectivity index (χ0) is 21.8. The summed E-state index contributed by atoms with van der Waals surface area (Å²) in [7, 11) is 0. The minimum Gasteiger partial charge on any atom is -0.460 e. The van der Waals surface area contributed by atoms with Gasteiger partial charge in [-0.3, -0.25) is 4.98 Å². The molecule has 0 atom stereocenters. The fourth-order valence-electron chi connectivity index (χ4n) is 3.08. The van der Waals surface area contributed by atoms with Crippen molar-refractivity contribution in [2.75, 3.05) is 18.9 Å². The molecule has 10 heteroatoms. The van der Waals surface area contributed by atoms with Crippen LogP contribution in [0, 0.1) is 6.92 Å². The standard InChI is InChI=1S/C21H25N7O3/c1-13(2)30-10-9-29-12-16-6-4-5-15(23-16)11-28-20-19(26-27-28)18(24-21(22)25-20)17-8-7-14(3)31-17/h4-8,13H,9-12H2,1-3H3,(H2,22,24,25). The van der Waals surface area contributed by atoms with Gasteiger partial charge in [0.25, 0.3) is 0 Å². The summed E-state index contributed by atoms with van der Waals surface area (Å²) in [5.41, 5.74) is 9.12. The topological polar surface area (TPSA) is 127 Å². The Morgan fingerprint density at radius 2 is 1.90 bits per heavy atom. The lowest BCUT2D eigenvalue weighted by atomic mass is 10.3. The van der Waals surface area contributed by atoms with Gasteiger partial charge in [-0.15, -0.1) is 5.10 Å². The molecule has 4 aromatic rings. The van der Waals surface area contributed by atoms with Crippen LogP contribution in [-0.4, -0.2) is 49.3 Å². The van der Waals surface area contributed by atoms with Crippen LogP contribution in [0.4, 0.5) is 5.95 Å². The van der Waals surface area contributed by atoms with E-state index in [9.17, 15) is 0 Å². The summed E-state index contributed by atoms with van der Waals surface area (Å²) in [6.07, 6.45) is 0.192. The van der Waals surface area contributed by atoms with Gasteiger partial charge in [0, 0.05) is 0 Å². The number of aryl methyl sites for hydroxylation is 1. The van der Waals surface area contributed by atoms with Crippen LogP contribution >= 0.6 is 0 Å². The van der Waals surface area contributed by atoms with Gasteiger partial charge in [0.2, 0.25) is 5.95 Å². The lowest BCUT2D eigenvalue weighted by Gasteiger charge is -2.09. The van der Waals surface area contributed by atoms with Gasteiger partial charge in [0.1, 0.15) is 11.5 Å². The largest absolute Gasteiger partial charge is 0.460 e. The van der Waals surface area contributed by atoms with Crippen molar-refractivity contribution < 1.29 is 13.9 Å². The number of pyridine rings is 1. The second-order valence-corrected chi connectivity index (χ2v) is 7.35. The molecule has 0 saturated carbocycles. The molecule has 0 aliphatic carbocycles. The maximum absolute atomic E-state index is 5.94. The molecule has 0 unspecified atom stereocenters. The third-order valence-electron chi connectivity index (χ3n) is 4.46. The fourth-order valence-corrected chi connectivity index (χ4v) is 3.08. The van der Waals surface area contributed by atoms with Gasteiger partial charge < -0.3 is 19.6 Å². The first-order valence-corrected chi connectivity index (χ1v) is 10.1. The van der Waals surface area contributed by atoms with E-state index >= 15 is 0 Å². The summed E-state index contributed by atoms with van der Waals surface area (Å²) in [5, 5.41) is 8.49. The van der Waals surface area contributed by atoms with Crippen LogP contribution in [0.15, 0.2) is 34.7 Å². The molecule has 4 heterocycles. The molecule has 10 nitrogen and oxygen atoms in total. The van der Waals surface area contributed by atoms with E-state index in [1.807, 2.05) is 51.1 Å².